The molecule has 1 aliphatic rings. The van der Waals surface area contributed by atoms with Crippen LogP contribution in [-0.4, -0.2) is 29.0 Å². The first kappa shape index (κ1) is 13.8. The van der Waals surface area contributed by atoms with Crippen LogP contribution in [0.25, 0.3) is 0 Å². The van der Waals surface area contributed by atoms with Gasteiger partial charge >= 0.3 is 0 Å². The van der Waals surface area contributed by atoms with Gasteiger partial charge in [-0.05, 0) is 25.0 Å². The lowest BCUT2D eigenvalue weighted by Crippen LogP contribution is -2.41. The molecular weight excluding hydrogens is 220 g/mol. The van der Waals surface area contributed by atoms with Gasteiger partial charge in [0.25, 0.3) is 0 Å². The van der Waals surface area contributed by atoms with Gasteiger partial charge in [-0.1, -0.05) is 20.3 Å². The smallest absolute Gasteiger partial charge is 0.221 e. The van der Waals surface area contributed by atoms with Crippen LogP contribution >= 0.6 is 11.8 Å². The molecule has 3 N–H and O–H groups in total. The quantitative estimate of drug-likeness (QED) is 0.750. The van der Waals surface area contributed by atoms with E-state index in [9.17, 15) is 4.79 Å². The Bertz CT molecular complexity index is 223. The zero-order valence-corrected chi connectivity index (χ0v) is 11.2. The summed E-state index contributed by atoms with van der Waals surface area (Å²) in [7, 11) is 0. The van der Waals surface area contributed by atoms with E-state index < -0.39 is 0 Å². The molecule has 94 valence electrons. The topological polar surface area (TPSA) is 55.1 Å². The number of thioether (sulfide) groups is 1. The average Bonchev–Trinajstić information content (AvgIpc) is 2.66. The molecule has 0 saturated heterocycles. The van der Waals surface area contributed by atoms with Crippen LogP contribution in [0.4, 0.5) is 0 Å². The minimum atomic E-state index is 0.0127. The fourth-order valence-corrected chi connectivity index (χ4v) is 3.35. The van der Waals surface area contributed by atoms with Crippen LogP contribution < -0.4 is 11.1 Å². The molecular formula is C12H24N2OS. The molecule has 3 nitrogen and oxygen atoms in total. The van der Waals surface area contributed by atoms with Gasteiger partial charge in [0, 0.05) is 23.8 Å². The standard InChI is InChI=1S/C12H24N2OS/c1-3-9(13)8-12(15)14-10-6-5-7-11(10)16-4-2/h9-11H,3-8,13H2,1-2H3,(H,14,15). The average molecular weight is 244 g/mol. The Morgan fingerprint density at radius 2 is 2.25 bits per heavy atom. The molecule has 16 heavy (non-hydrogen) atoms. The van der Waals surface area contributed by atoms with Crippen LogP contribution in [0.5, 0.6) is 0 Å². The predicted molar refractivity (Wildman–Crippen MR) is 70.6 cm³/mol. The van der Waals surface area contributed by atoms with Crippen molar-refractivity contribution in [3.8, 4) is 0 Å². The van der Waals surface area contributed by atoms with Crippen LogP contribution in [0.1, 0.15) is 46.0 Å². The summed E-state index contributed by atoms with van der Waals surface area (Å²) in [6, 6.07) is 0.389. The Labute approximate surface area is 103 Å². The SMILES string of the molecule is CCSC1CCCC1NC(=O)CC(N)CC. The molecule has 3 unspecified atom stereocenters. The Morgan fingerprint density at radius 1 is 1.50 bits per heavy atom. The highest BCUT2D eigenvalue weighted by Gasteiger charge is 2.28. The summed E-state index contributed by atoms with van der Waals surface area (Å²) in [6.45, 7) is 4.19. The largest absolute Gasteiger partial charge is 0.352 e. The summed E-state index contributed by atoms with van der Waals surface area (Å²) in [5.41, 5.74) is 5.78. The predicted octanol–water partition coefficient (Wildman–Crippen LogP) is 1.90. The van der Waals surface area contributed by atoms with E-state index in [1.165, 1.54) is 12.8 Å². The molecule has 1 saturated carbocycles. The lowest BCUT2D eigenvalue weighted by molar-refractivity contribution is -0.122. The normalized spacial score (nSPS) is 26.7. The number of carbonyl (C=O) groups is 1. The maximum atomic E-state index is 11.7. The Balaban J connectivity index is 2.32. The number of nitrogens with two attached hydrogens (primary N) is 1. The molecule has 0 aliphatic heterocycles. The highest BCUT2D eigenvalue weighted by atomic mass is 32.2. The molecule has 0 aromatic carbocycles. The molecule has 0 heterocycles. The van der Waals surface area contributed by atoms with Crippen molar-refractivity contribution >= 4 is 17.7 Å². The van der Waals surface area contributed by atoms with Gasteiger partial charge in [-0.3, -0.25) is 4.79 Å². The van der Waals surface area contributed by atoms with Gasteiger partial charge in [0.15, 0.2) is 0 Å². The van der Waals surface area contributed by atoms with Crippen LogP contribution in [0, 0.1) is 0 Å². The molecule has 0 aromatic rings. The van der Waals surface area contributed by atoms with Crippen LogP contribution in [0.3, 0.4) is 0 Å². The Morgan fingerprint density at radius 3 is 2.88 bits per heavy atom. The van der Waals surface area contributed by atoms with Gasteiger partial charge in [0.05, 0.1) is 0 Å². The maximum Gasteiger partial charge on any atom is 0.221 e. The Kier molecular flexibility index (Phi) is 6.21. The third-order valence-corrected chi connectivity index (χ3v) is 4.48. The van der Waals surface area contributed by atoms with E-state index >= 15 is 0 Å². The second-order valence-corrected chi connectivity index (χ2v) is 5.99. The molecule has 0 spiro atoms. The van der Waals surface area contributed by atoms with E-state index in [0.29, 0.717) is 17.7 Å². The van der Waals surface area contributed by atoms with Gasteiger partial charge in [-0.15, -0.1) is 0 Å². The summed E-state index contributed by atoms with van der Waals surface area (Å²) in [4.78, 5) is 11.7. The summed E-state index contributed by atoms with van der Waals surface area (Å²) in [5, 5.41) is 3.76. The summed E-state index contributed by atoms with van der Waals surface area (Å²) in [6.07, 6.45) is 4.94. The van der Waals surface area contributed by atoms with E-state index in [4.69, 9.17) is 5.73 Å². The summed E-state index contributed by atoms with van der Waals surface area (Å²) in [5.74, 6) is 1.26. The first-order valence-corrected chi connectivity index (χ1v) is 7.38. The highest BCUT2D eigenvalue weighted by molar-refractivity contribution is 7.99. The Hall–Kier alpha value is -0.220. The highest BCUT2D eigenvalue weighted by Crippen LogP contribution is 2.29. The fourth-order valence-electron chi connectivity index (χ4n) is 2.15. The van der Waals surface area contributed by atoms with Crippen molar-refractivity contribution in [3.05, 3.63) is 0 Å². The zero-order valence-electron chi connectivity index (χ0n) is 10.4. The minimum absolute atomic E-state index is 0.0127. The first-order valence-electron chi connectivity index (χ1n) is 6.33. The third kappa shape index (κ3) is 4.34. The second kappa shape index (κ2) is 7.17. The molecule has 1 aliphatic carbocycles. The molecule has 4 heteroatoms. The van der Waals surface area contributed by atoms with E-state index in [0.717, 1.165) is 18.6 Å². The lowest BCUT2D eigenvalue weighted by Gasteiger charge is -2.21. The zero-order chi connectivity index (χ0) is 12.0. The number of rotatable bonds is 6. The molecule has 3 atom stereocenters. The van der Waals surface area contributed by atoms with E-state index in [-0.39, 0.29) is 11.9 Å². The van der Waals surface area contributed by atoms with E-state index in [2.05, 4.69) is 12.2 Å². The van der Waals surface area contributed by atoms with Crippen LogP contribution in [0.15, 0.2) is 0 Å². The van der Waals surface area contributed by atoms with Crippen molar-refractivity contribution in [1.82, 2.24) is 5.32 Å². The summed E-state index contributed by atoms with van der Waals surface area (Å²) < 4.78 is 0. The van der Waals surface area contributed by atoms with Gasteiger partial charge in [0.2, 0.25) is 5.91 Å². The van der Waals surface area contributed by atoms with Gasteiger partial charge in [-0.2, -0.15) is 11.8 Å². The molecule has 0 radical (unpaired) electrons. The van der Waals surface area contributed by atoms with Crippen molar-refractivity contribution < 1.29 is 4.79 Å². The van der Waals surface area contributed by atoms with Crippen molar-refractivity contribution in [3.63, 3.8) is 0 Å². The van der Waals surface area contributed by atoms with Crippen LogP contribution in [-0.2, 0) is 4.79 Å². The number of nitrogens with one attached hydrogen (secondary N) is 1. The molecule has 1 rings (SSSR count). The van der Waals surface area contributed by atoms with Crippen LogP contribution in [0.2, 0.25) is 0 Å². The molecule has 1 amide bonds. The van der Waals surface area contributed by atoms with Gasteiger partial charge in [0.1, 0.15) is 0 Å². The maximum absolute atomic E-state index is 11.7. The third-order valence-electron chi connectivity index (χ3n) is 3.15. The van der Waals surface area contributed by atoms with E-state index in [1.54, 1.807) is 0 Å². The molecule has 1 fully saturated rings. The van der Waals surface area contributed by atoms with Crippen molar-refractivity contribution in [2.24, 2.45) is 5.73 Å². The molecule has 0 aromatic heterocycles. The van der Waals surface area contributed by atoms with Crippen molar-refractivity contribution in [2.75, 3.05) is 5.75 Å². The molecule has 0 bridgehead atoms. The number of carbonyl (C=O) groups excluding carboxylic acids is 1. The second-order valence-electron chi connectivity index (χ2n) is 4.47. The lowest BCUT2D eigenvalue weighted by atomic mass is 10.1. The fraction of sp³-hybridized carbons (Fsp3) is 0.917. The van der Waals surface area contributed by atoms with E-state index in [1.807, 2.05) is 18.7 Å². The first-order chi connectivity index (χ1) is 7.67. The monoisotopic (exact) mass is 244 g/mol. The van der Waals surface area contributed by atoms with Crippen molar-refractivity contribution in [2.45, 2.75) is 63.3 Å². The number of hydrogen-bond acceptors (Lipinski definition) is 3. The van der Waals surface area contributed by atoms with Gasteiger partial charge in [-0.25, -0.2) is 0 Å². The summed E-state index contributed by atoms with van der Waals surface area (Å²) >= 11 is 1.97. The number of hydrogen-bond donors (Lipinski definition) is 2. The van der Waals surface area contributed by atoms with Gasteiger partial charge < -0.3 is 11.1 Å². The van der Waals surface area contributed by atoms with Crippen molar-refractivity contribution in [1.29, 1.82) is 0 Å². The minimum Gasteiger partial charge on any atom is -0.352 e. The number of amides is 1.